The van der Waals surface area contributed by atoms with Gasteiger partial charge in [0.2, 0.25) is 0 Å². The lowest BCUT2D eigenvalue weighted by atomic mass is 10.0. The van der Waals surface area contributed by atoms with E-state index in [0.29, 0.717) is 0 Å². The highest BCUT2D eigenvalue weighted by atomic mass is 79.9. The van der Waals surface area contributed by atoms with Crippen LogP contribution in [0, 0.1) is 0 Å². The quantitative estimate of drug-likeness (QED) is 0.597. The Bertz CT molecular complexity index is 389. The van der Waals surface area contributed by atoms with Gasteiger partial charge < -0.3 is 0 Å². The van der Waals surface area contributed by atoms with Crippen LogP contribution in [0.3, 0.4) is 0 Å². The van der Waals surface area contributed by atoms with E-state index >= 15 is 0 Å². The first kappa shape index (κ1) is 12.5. The molecule has 0 aliphatic heterocycles. The maximum Gasteiger partial charge on any atom is 0.417 e. The molecule has 0 aliphatic carbocycles. The third kappa shape index (κ3) is 2.95. The Hall–Kier alpha value is -0.550. The zero-order valence-electron chi connectivity index (χ0n) is 7.24. The molecule has 0 atom stereocenters. The van der Waals surface area contributed by atoms with E-state index < -0.39 is 23.1 Å². The van der Waals surface area contributed by atoms with Gasteiger partial charge in [-0.1, -0.05) is 27.5 Å². The van der Waals surface area contributed by atoms with Gasteiger partial charge in [-0.15, -0.1) is 0 Å². The molecule has 1 nitrogen and oxygen atoms in total. The zero-order chi connectivity index (χ0) is 11.6. The fourth-order valence-corrected chi connectivity index (χ4v) is 1.54. The molecule has 6 heteroatoms. The number of rotatable bonds is 2. The Morgan fingerprint density at radius 3 is 2.47 bits per heavy atom. The molecular weight excluding hydrogens is 296 g/mol. The summed E-state index contributed by atoms with van der Waals surface area (Å²) in [4.78, 5) is 11.2. The second-order valence-electron chi connectivity index (χ2n) is 2.74. The van der Waals surface area contributed by atoms with Crippen LogP contribution in [-0.4, -0.2) is 11.1 Å². The fraction of sp³-hybridized carbons (Fsp3) is 0.222. The number of hydrogen-bond acceptors (Lipinski definition) is 1. The normalized spacial score (nSPS) is 11.5. The molecule has 0 amide bonds. The number of ketones is 1. The predicted molar refractivity (Wildman–Crippen MR) is 54.6 cm³/mol. The van der Waals surface area contributed by atoms with Gasteiger partial charge in [-0.25, -0.2) is 0 Å². The van der Waals surface area contributed by atoms with Gasteiger partial charge in [0.1, 0.15) is 0 Å². The lowest BCUT2D eigenvalue weighted by Gasteiger charge is -2.11. The van der Waals surface area contributed by atoms with E-state index in [1.165, 1.54) is 0 Å². The number of halogens is 5. The monoisotopic (exact) mass is 300 g/mol. The third-order valence-electron chi connectivity index (χ3n) is 1.71. The average Bonchev–Trinajstić information content (AvgIpc) is 2.14. The molecule has 0 spiro atoms. The van der Waals surface area contributed by atoms with E-state index in [4.69, 9.17) is 11.6 Å². The van der Waals surface area contributed by atoms with Gasteiger partial charge in [0, 0.05) is 10.6 Å². The van der Waals surface area contributed by atoms with Gasteiger partial charge in [-0.05, 0) is 18.2 Å². The standard InChI is InChI=1S/C9H5BrClF3O/c10-4-8(15)6-3-5(11)1-2-7(6)9(12,13)14/h1-3H,4H2. The van der Waals surface area contributed by atoms with Crippen molar-refractivity contribution in [2.24, 2.45) is 0 Å². The first-order chi connectivity index (χ1) is 6.86. The molecule has 0 unspecified atom stereocenters. The van der Waals surface area contributed by atoms with Crippen LogP contribution in [0.2, 0.25) is 5.02 Å². The molecule has 15 heavy (non-hydrogen) atoms. The number of benzene rings is 1. The number of carbonyl (C=O) groups is 1. The number of carbonyl (C=O) groups excluding carboxylic acids is 1. The summed E-state index contributed by atoms with van der Waals surface area (Å²) >= 11 is 8.35. The Balaban J connectivity index is 3.33. The van der Waals surface area contributed by atoms with E-state index in [1.807, 2.05) is 0 Å². The molecule has 1 aromatic carbocycles. The smallest absolute Gasteiger partial charge is 0.293 e. The van der Waals surface area contributed by atoms with Gasteiger partial charge >= 0.3 is 6.18 Å². The Morgan fingerprint density at radius 1 is 1.40 bits per heavy atom. The van der Waals surface area contributed by atoms with E-state index in [2.05, 4.69) is 15.9 Å². The second kappa shape index (κ2) is 4.53. The topological polar surface area (TPSA) is 17.1 Å². The minimum absolute atomic E-state index is 0.104. The summed E-state index contributed by atoms with van der Waals surface area (Å²) in [6, 6.07) is 2.93. The highest BCUT2D eigenvalue weighted by Crippen LogP contribution is 2.33. The number of hydrogen-bond donors (Lipinski definition) is 0. The van der Waals surface area contributed by atoms with E-state index in [9.17, 15) is 18.0 Å². The first-order valence-electron chi connectivity index (χ1n) is 3.82. The van der Waals surface area contributed by atoms with Crippen LogP contribution in [0.15, 0.2) is 18.2 Å². The maximum absolute atomic E-state index is 12.5. The molecule has 0 bridgehead atoms. The van der Waals surface area contributed by atoms with Crippen molar-refractivity contribution in [2.75, 3.05) is 5.33 Å². The molecule has 0 N–H and O–H groups in total. The van der Waals surface area contributed by atoms with Gasteiger partial charge in [0.15, 0.2) is 5.78 Å². The highest BCUT2D eigenvalue weighted by molar-refractivity contribution is 9.09. The fourth-order valence-electron chi connectivity index (χ4n) is 1.07. The van der Waals surface area contributed by atoms with Crippen molar-refractivity contribution in [3.63, 3.8) is 0 Å². The molecular formula is C9H5BrClF3O. The van der Waals surface area contributed by atoms with E-state index in [1.54, 1.807) is 0 Å². The number of alkyl halides is 4. The molecule has 0 fully saturated rings. The van der Waals surface area contributed by atoms with Gasteiger partial charge in [-0.3, -0.25) is 4.79 Å². The summed E-state index contributed by atoms with van der Waals surface area (Å²) in [6.07, 6.45) is -4.54. The van der Waals surface area contributed by atoms with Gasteiger partial charge in [0.05, 0.1) is 10.9 Å². The van der Waals surface area contributed by atoms with Crippen LogP contribution >= 0.6 is 27.5 Å². The number of Topliss-reactive ketones (excluding diaryl/α,β-unsaturated/α-hetero) is 1. The zero-order valence-corrected chi connectivity index (χ0v) is 9.58. The molecule has 0 saturated carbocycles. The molecule has 0 saturated heterocycles. The molecule has 0 aliphatic rings. The molecule has 1 rings (SSSR count). The third-order valence-corrected chi connectivity index (χ3v) is 2.45. The SMILES string of the molecule is O=C(CBr)c1cc(Cl)ccc1C(F)(F)F. The van der Waals surface area contributed by atoms with Crippen molar-refractivity contribution >= 4 is 33.3 Å². The van der Waals surface area contributed by atoms with Gasteiger partial charge in [-0.2, -0.15) is 13.2 Å². The molecule has 82 valence electrons. The minimum Gasteiger partial charge on any atom is -0.293 e. The largest absolute Gasteiger partial charge is 0.417 e. The van der Waals surface area contributed by atoms with Crippen molar-refractivity contribution in [2.45, 2.75) is 6.18 Å². The molecule has 0 radical (unpaired) electrons. The first-order valence-corrected chi connectivity index (χ1v) is 5.32. The van der Waals surface area contributed by atoms with Crippen LogP contribution in [0.4, 0.5) is 13.2 Å². The molecule has 0 heterocycles. The molecule has 0 aromatic heterocycles. The summed E-state index contributed by atoms with van der Waals surface area (Å²) < 4.78 is 37.4. The predicted octanol–water partition coefficient (Wildman–Crippen LogP) is 3.94. The Kier molecular flexibility index (Phi) is 3.78. The van der Waals surface area contributed by atoms with Crippen LogP contribution in [0.25, 0.3) is 0 Å². The van der Waals surface area contributed by atoms with Crippen molar-refractivity contribution in [3.05, 3.63) is 34.3 Å². The van der Waals surface area contributed by atoms with Crippen molar-refractivity contribution in [1.29, 1.82) is 0 Å². The van der Waals surface area contributed by atoms with Crippen LogP contribution in [0.1, 0.15) is 15.9 Å². The Labute approximate surface area is 97.4 Å². The van der Waals surface area contributed by atoms with Crippen LogP contribution < -0.4 is 0 Å². The summed E-state index contributed by atoms with van der Waals surface area (Å²) in [6.45, 7) is 0. The summed E-state index contributed by atoms with van der Waals surface area (Å²) in [5, 5.41) is -0.0662. The van der Waals surface area contributed by atoms with E-state index in [0.717, 1.165) is 18.2 Å². The highest BCUT2D eigenvalue weighted by Gasteiger charge is 2.34. The van der Waals surface area contributed by atoms with Crippen molar-refractivity contribution in [1.82, 2.24) is 0 Å². The summed E-state index contributed by atoms with van der Waals surface area (Å²) in [7, 11) is 0. The second-order valence-corrected chi connectivity index (χ2v) is 3.74. The summed E-state index contributed by atoms with van der Waals surface area (Å²) in [5.74, 6) is -0.648. The minimum atomic E-state index is -4.54. The maximum atomic E-state index is 12.5. The van der Waals surface area contributed by atoms with Crippen LogP contribution in [-0.2, 0) is 6.18 Å². The van der Waals surface area contributed by atoms with Crippen LogP contribution in [0.5, 0.6) is 0 Å². The lowest BCUT2D eigenvalue weighted by Crippen LogP contribution is -2.13. The lowest BCUT2D eigenvalue weighted by molar-refractivity contribution is -0.137. The molecule has 1 aromatic rings. The van der Waals surface area contributed by atoms with E-state index in [-0.39, 0.29) is 10.4 Å². The van der Waals surface area contributed by atoms with Gasteiger partial charge in [0.25, 0.3) is 0 Å². The summed E-state index contributed by atoms with van der Waals surface area (Å²) in [5.41, 5.74) is -1.37. The van der Waals surface area contributed by atoms with Crippen molar-refractivity contribution in [3.8, 4) is 0 Å². The van der Waals surface area contributed by atoms with Crippen molar-refractivity contribution < 1.29 is 18.0 Å². The Morgan fingerprint density at radius 2 is 2.00 bits per heavy atom. The average molecular weight is 301 g/mol.